The van der Waals surface area contributed by atoms with Crippen molar-refractivity contribution < 1.29 is 14.5 Å². The van der Waals surface area contributed by atoms with E-state index in [1.165, 1.54) is 12.1 Å². The lowest BCUT2D eigenvalue weighted by atomic mass is 10.1. The molecule has 0 aliphatic carbocycles. The highest BCUT2D eigenvalue weighted by molar-refractivity contribution is 5.95. The number of hydrogen-bond acceptors (Lipinski definition) is 4. The first-order valence-electron chi connectivity index (χ1n) is 5.75. The van der Waals surface area contributed by atoms with Gasteiger partial charge in [-0.1, -0.05) is 0 Å². The number of carbonyl (C=O) groups excluding carboxylic acids is 1. The molecule has 0 spiro atoms. The maximum Gasteiger partial charge on any atom is 0.269 e. The molecule has 2 rings (SSSR count). The lowest BCUT2D eigenvalue weighted by Crippen LogP contribution is -2.27. The molecule has 1 aromatic carbocycles. The zero-order chi connectivity index (χ0) is 13.1. The Hall–Kier alpha value is -1.95. The second-order valence-corrected chi connectivity index (χ2v) is 4.25. The summed E-state index contributed by atoms with van der Waals surface area (Å²) in [6.45, 7) is 2.33. The quantitative estimate of drug-likeness (QED) is 0.657. The largest absolute Gasteiger partial charge is 0.368 e. The maximum absolute atomic E-state index is 11.8. The first-order chi connectivity index (χ1) is 8.58. The molecule has 6 nitrogen and oxygen atoms in total. The number of ether oxygens (including phenoxy) is 1. The molecule has 1 fully saturated rings. The average molecular weight is 250 g/mol. The van der Waals surface area contributed by atoms with Gasteiger partial charge in [0.1, 0.15) is 6.10 Å². The molecule has 0 unspecified atom stereocenters. The number of aryl methyl sites for hydroxylation is 1. The SMILES string of the molecule is Cc1cc([N+](=O)[O-])ccc1NC(=O)[C@H]1CCCO1. The van der Waals surface area contributed by atoms with Crippen LogP contribution in [0.5, 0.6) is 0 Å². The van der Waals surface area contributed by atoms with Crippen LogP contribution in [0.15, 0.2) is 18.2 Å². The van der Waals surface area contributed by atoms with Crippen LogP contribution in [0.3, 0.4) is 0 Å². The molecule has 0 saturated carbocycles. The summed E-state index contributed by atoms with van der Waals surface area (Å²) in [7, 11) is 0. The minimum atomic E-state index is -0.460. The van der Waals surface area contributed by atoms with Crippen molar-refractivity contribution in [2.24, 2.45) is 0 Å². The molecule has 0 radical (unpaired) electrons. The van der Waals surface area contributed by atoms with Crippen molar-refractivity contribution in [3.63, 3.8) is 0 Å². The van der Waals surface area contributed by atoms with Gasteiger partial charge >= 0.3 is 0 Å². The van der Waals surface area contributed by atoms with E-state index in [9.17, 15) is 14.9 Å². The van der Waals surface area contributed by atoms with Crippen molar-refractivity contribution in [2.45, 2.75) is 25.9 Å². The predicted octanol–water partition coefficient (Wildman–Crippen LogP) is 2.02. The van der Waals surface area contributed by atoms with Crippen molar-refractivity contribution in [2.75, 3.05) is 11.9 Å². The molecule has 1 saturated heterocycles. The van der Waals surface area contributed by atoms with Gasteiger partial charge in [0, 0.05) is 24.4 Å². The third kappa shape index (κ3) is 2.65. The van der Waals surface area contributed by atoms with Gasteiger partial charge in [-0.3, -0.25) is 14.9 Å². The summed E-state index contributed by atoms with van der Waals surface area (Å²) in [6, 6.07) is 4.35. The van der Waals surface area contributed by atoms with Gasteiger partial charge in [0.15, 0.2) is 0 Å². The van der Waals surface area contributed by atoms with Crippen molar-refractivity contribution in [3.8, 4) is 0 Å². The standard InChI is InChI=1S/C12H14N2O4/c1-8-7-9(14(16)17)4-5-10(8)13-12(15)11-3-2-6-18-11/h4-5,7,11H,2-3,6H2,1H3,(H,13,15)/t11-/m1/s1. The second-order valence-electron chi connectivity index (χ2n) is 4.25. The van der Waals surface area contributed by atoms with Gasteiger partial charge in [-0.2, -0.15) is 0 Å². The highest BCUT2D eigenvalue weighted by atomic mass is 16.6. The van der Waals surface area contributed by atoms with Crippen molar-refractivity contribution in [3.05, 3.63) is 33.9 Å². The van der Waals surface area contributed by atoms with Gasteiger partial charge in [0.25, 0.3) is 11.6 Å². The summed E-state index contributed by atoms with van der Waals surface area (Å²) in [5, 5.41) is 13.3. The lowest BCUT2D eigenvalue weighted by Gasteiger charge is -2.12. The first kappa shape index (κ1) is 12.5. The molecule has 1 aliphatic heterocycles. The Kier molecular flexibility index (Phi) is 3.57. The summed E-state index contributed by atoms with van der Waals surface area (Å²) < 4.78 is 5.27. The van der Waals surface area contributed by atoms with Crippen LogP contribution < -0.4 is 5.32 Å². The van der Waals surface area contributed by atoms with E-state index in [4.69, 9.17) is 4.74 Å². The van der Waals surface area contributed by atoms with Gasteiger partial charge in [-0.15, -0.1) is 0 Å². The van der Waals surface area contributed by atoms with Crippen LogP contribution in [-0.2, 0) is 9.53 Å². The molecule has 1 aliphatic rings. The highest BCUT2D eigenvalue weighted by Gasteiger charge is 2.24. The number of nitro benzene ring substituents is 1. The van der Waals surface area contributed by atoms with E-state index in [2.05, 4.69) is 5.32 Å². The van der Waals surface area contributed by atoms with Gasteiger partial charge in [-0.25, -0.2) is 0 Å². The van der Waals surface area contributed by atoms with Crippen molar-refractivity contribution in [1.29, 1.82) is 0 Å². The monoisotopic (exact) mass is 250 g/mol. The van der Waals surface area contributed by atoms with Crippen LogP contribution in [0.1, 0.15) is 18.4 Å². The maximum atomic E-state index is 11.8. The van der Waals surface area contributed by atoms with Crippen molar-refractivity contribution in [1.82, 2.24) is 0 Å². The van der Waals surface area contributed by atoms with E-state index in [1.54, 1.807) is 13.0 Å². The highest BCUT2D eigenvalue weighted by Crippen LogP contribution is 2.22. The van der Waals surface area contributed by atoms with Crippen LogP contribution in [0.25, 0.3) is 0 Å². The van der Waals surface area contributed by atoms with Crippen LogP contribution in [0.2, 0.25) is 0 Å². The van der Waals surface area contributed by atoms with E-state index in [-0.39, 0.29) is 11.6 Å². The Morgan fingerprint density at radius 1 is 1.56 bits per heavy atom. The molecular formula is C12H14N2O4. The number of non-ortho nitro benzene ring substituents is 1. The number of rotatable bonds is 3. The minimum absolute atomic E-state index is 0.0163. The number of nitrogens with zero attached hydrogens (tertiary/aromatic N) is 1. The van der Waals surface area contributed by atoms with E-state index in [0.29, 0.717) is 17.9 Å². The van der Waals surface area contributed by atoms with Gasteiger partial charge < -0.3 is 10.1 Å². The topological polar surface area (TPSA) is 81.5 Å². The average Bonchev–Trinajstić information content (AvgIpc) is 2.85. The van der Waals surface area contributed by atoms with Gasteiger partial charge in [0.05, 0.1) is 4.92 Å². The van der Waals surface area contributed by atoms with E-state index < -0.39 is 11.0 Å². The van der Waals surface area contributed by atoms with E-state index in [1.807, 2.05) is 0 Å². The molecule has 18 heavy (non-hydrogen) atoms. The van der Waals surface area contributed by atoms with Crippen LogP contribution in [0, 0.1) is 17.0 Å². The second kappa shape index (κ2) is 5.14. The Bertz CT molecular complexity index is 481. The van der Waals surface area contributed by atoms with Crippen molar-refractivity contribution >= 4 is 17.3 Å². The smallest absolute Gasteiger partial charge is 0.269 e. The molecule has 1 heterocycles. The minimum Gasteiger partial charge on any atom is -0.368 e. The summed E-state index contributed by atoms with van der Waals surface area (Å²) >= 11 is 0. The predicted molar refractivity (Wildman–Crippen MR) is 65.4 cm³/mol. The first-order valence-corrected chi connectivity index (χ1v) is 5.75. The molecule has 1 atom stereocenters. The fourth-order valence-corrected chi connectivity index (χ4v) is 1.90. The Morgan fingerprint density at radius 3 is 2.89 bits per heavy atom. The summed E-state index contributed by atoms with van der Waals surface area (Å²) in [5.74, 6) is -0.190. The molecule has 1 aromatic rings. The molecule has 96 valence electrons. The Labute approximate surface area is 104 Å². The number of hydrogen-bond donors (Lipinski definition) is 1. The number of nitrogens with one attached hydrogen (secondary N) is 1. The normalized spacial score (nSPS) is 18.6. The zero-order valence-corrected chi connectivity index (χ0v) is 10.0. The number of carbonyl (C=O) groups is 1. The van der Waals surface area contributed by atoms with Gasteiger partial charge in [0.2, 0.25) is 0 Å². The van der Waals surface area contributed by atoms with Crippen LogP contribution in [0.4, 0.5) is 11.4 Å². The molecule has 1 amide bonds. The fourth-order valence-electron chi connectivity index (χ4n) is 1.90. The molecular weight excluding hydrogens is 236 g/mol. The van der Waals surface area contributed by atoms with Crippen LogP contribution >= 0.6 is 0 Å². The lowest BCUT2D eigenvalue weighted by molar-refractivity contribution is -0.384. The summed E-state index contributed by atoms with van der Waals surface area (Å²) in [5.41, 5.74) is 1.26. The number of benzene rings is 1. The Morgan fingerprint density at radius 2 is 2.33 bits per heavy atom. The van der Waals surface area contributed by atoms with Gasteiger partial charge in [-0.05, 0) is 31.4 Å². The number of amides is 1. The van der Waals surface area contributed by atoms with E-state index >= 15 is 0 Å². The molecule has 6 heteroatoms. The van der Waals surface area contributed by atoms with E-state index in [0.717, 1.165) is 12.8 Å². The molecule has 1 N–H and O–H groups in total. The Balaban J connectivity index is 2.09. The fraction of sp³-hybridized carbons (Fsp3) is 0.417. The summed E-state index contributed by atoms with van der Waals surface area (Å²) in [6.07, 6.45) is 1.20. The number of anilines is 1. The third-order valence-electron chi connectivity index (χ3n) is 2.90. The zero-order valence-electron chi connectivity index (χ0n) is 10.0. The summed E-state index contributed by atoms with van der Waals surface area (Å²) in [4.78, 5) is 22.0. The third-order valence-corrected chi connectivity index (χ3v) is 2.90. The number of nitro groups is 1. The molecule has 0 aromatic heterocycles. The molecule has 0 bridgehead atoms. The van der Waals surface area contributed by atoms with Crippen LogP contribution in [-0.4, -0.2) is 23.5 Å².